The summed E-state index contributed by atoms with van der Waals surface area (Å²) in [6.45, 7) is 0.856. The molecule has 2 saturated heterocycles. The van der Waals surface area contributed by atoms with E-state index in [2.05, 4.69) is 11.0 Å². The summed E-state index contributed by atoms with van der Waals surface area (Å²) < 4.78 is 10.7. The summed E-state index contributed by atoms with van der Waals surface area (Å²) in [5, 5.41) is 9.68. The second-order valence-corrected chi connectivity index (χ2v) is 6.25. The maximum atomic E-state index is 9.68. The van der Waals surface area contributed by atoms with Gasteiger partial charge in [-0.15, -0.1) is 0 Å². The molecular weight excluding hydrogens is 266 g/mol. The van der Waals surface area contributed by atoms with Gasteiger partial charge in [-0.25, -0.2) is 0 Å². The van der Waals surface area contributed by atoms with Crippen molar-refractivity contribution in [1.29, 1.82) is 0 Å². The Bertz CT molecular complexity index is 461. The van der Waals surface area contributed by atoms with E-state index in [1.807, 2.05) is 12.1 Å². The molecule has 0 aliphatic carbocycles. The van der Waals surface area contributed by atoms with Crippen molar-refractivity contribution in [2.75, 3.05) is 20.8 Å². The van der Waals surface area contributed by atoms with Crippen molar-refractivity contribution < 1.29 is 14.6 Å². The Morgan fingerprint density at radius 2 is 1.86 bits per heavy atom. The zero-order valence-corrected chi connectivity index (χ0v) is 12.9. The molecule has 2 atom stereocenters. The fourth-order valence-corrected chi connectivity index (χ4v) is 4.04. The predicted octanol–water partition coefficient (Wildman–Crippen LogP) is 2.72. The Morgan fingerprint density at radius 3 is 2.43 bits per heavy atom. The summed E-state index contributed by atoms with van der Waals surface area (Å²) in [7, 11) is 3.41. The minimum absolute atomic E-state index is 0.134. The van der Waals surface area contributed by atoms with E-state index in [0.29, 0.717) is 23.8 Å². The highest BCUT2D eigenvalue weighted by Gasteiger charge is 2.41. The van der Waals surface area contributed by atoms with Gasteiger partial charge in [0.15, 0.2) is 6.29 Å². The average molecular weight is 291 g/mol. The van der Waals surface area contributed by atoms with Crippen LogP contribution in [0.1, 0.15) is 37.2 Å². The largest absolute Gasteiger partial charge is 0.508 e. The molecule has 2 aliphatic heterocycles. The number of benzene rings is 1. The van der Waals surface area contributed by atoms with Gasteiger partial charge in [0.1, 0.15) is 5.75 Å². The summed E-state index contributed by atoms with van der Waals surface area (Å²) >= 11 is 0. The first-order valence-corrected chi connectivity index (χ1v) is 7.81. The summed E-state index contributed by atoms with van der Waals surface area (Å²) in [5.74, 6) is 0.940. The third-order valence-corrected chi connectivity index (χ3v) is 5.11. The first-order chi connectivity index (χ1) is 10.2. The number of aromatic hydroxyl groups is 1. The van der Waals surface area contributed by atoms with E-state index in [1.165, 1.54) is 31.2 Å². The van der Waals surface area contributed by atoms with Crippen LogP contribution in [0.3, 0.4) is 0 Å². The number of nitrogens with zero attached hydrogens (tertiary/aromatic N) is 1. The van der Waals surface area contributed by atoms with Crippen LogP contribution in [0, 0.1) is 0 Å². The predicted molar refractivity (Wildman–Crippen MR) is 81.4 cm³/mol. The quantitative estimate of drug-likeness (QED) is 0.847. The summed E-state index contributed by atoms with van der Waals surface area (Å²) in [6, 6.07) is 8.99. The molecule has 1 aromatic rings. The zero-order chi connectivity index (χ0) is 14.8. The van der Waals surface area contributed by atoms with Gasteiger partial charge in [-0.05, 0) is 49.3 Å². The lowest BCUT2D eigenvalue weighted by Crippen LogP contribution is -2.46. The Labute approximate surface area is 126 Å². The van der Waals surface area contributed by atoms with Crippen molar-refractivity contribution in [3.63, 3.8) is 0 Å². The molecule has 0 spiro atoms. The van der Waals surface area contributed by atoms with Crippen LogP contribution in [0.5, 0.6) is 5.75 Å². The summed E-state index contributed by atoms with van der Waals surface area (Å²) in [5.41, 5.74) is 1.28. The second kappa shape index (κ2) is 6.34. The van der Waals surface area contributed by atoms with Gasteiger partial charge in [-0.2, -0.15) is 0 Å². The van der Waals surface area contributed by atoms with Crippen molar-refractivity contribution in [2.24, 2.45) is 0 Å². The standard InChI is InChI=1S/C17H25NO3/c1-20-17(21-2)11-18-14-6-7-15(18)9-13(8-14)12-4-3-5-16(19)10-12/h3-5,10,13-15,17,19H,6-9,11H2,1-2H3. The maximum Gasteiger partial charge on any atom is 0.169 e. The highest BCUT2D eigenvalue weighted by molar-refractivity contribution is 5.30. The van der Waals surface area contributed by atoms with E-state index in [4.69, 9.17) is 9.47 Å². The number of piperidine rings is 1. The Balaban J connectivity index is 1.69. The molecule has 2 bridgehead atoms. The number of phenols is 1. The lowest BCUT2D eigenvalue weighted by molar-refractivity contribution is -0.125. The number of hydrogen-bond acceptors (Lipinski definition) is 4. The highest BCUT2D eigenvalue weighted by Crippen LogP contribution is 2.43. The van der Waals surface area contributed by atoms with E-state index < -0.39 is 0 Å². The van der Waals surface area contributed by atoms with E-state index in [9.17, 15) is 5.11 Å². The molecule has 2 fully saturated rings. The Kier molecular flexibility index (Phi) is 4.48. The topological polar surface area (TPSA) is 41.9 Å². The zero-order valence-electron chi connectivity index (χ0n) is 12.9. The fourth-order valence-electron chi connectivity index (χ4n) is 4.04. The van der Waals surface area contributed by atoms with Crippen LogP contribution in [0.25, 0.3) is 0 Å². The van der Waals surface area contributed by atoms with Crippen LogP contribution < -0.4 is 0 Å². The fraction of sp³-hybridized carbons (Fsp3) is 0.647. The maximum absolute atomic E-state index is 9.68. The molecular formula is C17H25NO3. The van der Waals surface area contributed by atoms with Gasteiger partial charge >= 0.3 is 0 Å². The summed E-state index contributed by atoms with van der Waals surface area (Å²) in [6.07, 6.45) is 4.73. The number of ether oxygens (including phenoxy) is 2. The Hall–Kier alpha value is -1.10. The molecule has 21 heavy (non-hydrogen) atoms. The van der Waals surface area contributed by atoms with Crippen molar-refractivity contribution >= 4 is 0 Å². The van der Waals surface area contributed by atoms with Crippen LogP contribution in [0.2, 0.25) is 0 Å². The second-order valence-electron chi connectivity index (χ2n) is 6.25. The average Bonchev–Trinajstić information content (AvgIpc) is 2.73. The van der Waals surface area contributed by atoms with Crippen LogP contribution in [0.15, 0.2) is 24.3 Å². The lowest BCUT2D eigenvalue weighted by Gasteiger charge is -2.40. The van der Waals surface area contributed by atoms with Gasteiger partial charge in [-0.1, -0.05) is 12.1 Å². The molecule has 2 unspecified atom stereocenters. The minimum Gasteiger partial charge on any atom is -0.508 e. The van der Waals surface area contributed by atoms with E-state index in [0.717, 1.165) is 6.54 Å². The van der Waals surface area contributed by atoms with E-state index >= 15 is 0 Å². The number of hydrogen-bond donors (Lipinski definition) is 1. The van der Waals surface area contributed by atoms with Gasteiger partial charge in [-0.3, -0.25) is 4.90 Å². The lowest BCUT2D eigenvalue weighted by atomic mass is 9.85. The number of methoxy groups -OCH3 is 2. The van der Waals surface area contributed by atoms with Crippen LogP contribution >= 0.6 is 0 Å². The van der Waals surface area contributed by atoms with Crippen molar-refractivity contribution in [3.05, 3.63) is 29.8 Å². The molecule has 4 heteroatoms. The molecule has 1 N–H and O–H groups in total. The third kappa shape index (κ3) is 3.07. The van der Waals surface area contributed by atoms with Gasteiger partial charge in [0, 0.05) is 26.3 Å². The number of rotatable bonds is 5. The highest BCUT2D eigenvalue weighted by atomic mass is 16.7. The molecule has 0 aromatic heterocycles. The minimum atomic E-state index is -0.134. The molecule has 0 radical (unpaired) electrons. The monoisotopic (exact) mass is 291 g/mol. The van der Waals surface area contributed by atoms with E-state index in [-0.39, 0.29) is 6.29 Å². The molecule has 1 aromatic carbocycles. The van der Waals surface area contributed by atoms with Crippen molar-refractivity contribution in [1.82, 2.24) is 4.90 Å². The molecule has 116 valence electrons. The Morgan fingerprint density at radius 1 is 1.19 bits per heavy atom. The molecule has 3 rings (SSSR count). The SMILES string of the molecule is COC(CN1C2CCC1CC(c1cccc(O)c1)C2)OC. The van der Waals surface area contributed by atoms with Crippen LogP contribution in [-0.4, -0.2) is 49.1 Å². The number of phenolic OH excluding ortho intramolecular Hbond substituents is 1. The molecule has 4 nitrogen and oxygen atoms in total. The molecule has 2 aliphatic rings. The van der Waals surface area contributed by atoms with Crippen molar-refractivity contribution in [2.45, 2.75) is 50.0 Å². The van der Waals surface area contributed by atoms with Gasteiger partial charge in [0.2, 0.25) is 0 Å². The van der Waals surface area contributed by atoms with Gasteiger partial charge in [0.25, 0.3) is 0 Å². The summed E-state index contributed by atoms with van der Waals surface area (Å²) in [4.78, 5) is 2.57. The smallest absolute Gasteiger partial charge is 0.169 e. The molecule has 2 heterocycles. The molecule has 0 amide bonds. The third-order valence-electron chi connectivity index (χ3n) is 5.11. The van der Waals surface area contributed by atoms with Gasteiger partial charge in [0.05, 0.1) is 6.54 Å². The van der Waals surface area contributed by atoms with Crippen LogP contribution in [-0.2, 0) is 9.47 Å². The van der Waals surface area contributed by atoms with Gasteiger partial charge < -0.3 is 14.6 Å². The first-order valence-electron chi connectivity index (χ1n) is 7.81. The number of fused-ring (bicyclic) bond motifs is 2. The normalized spacial score (nSPS) is 29.2. The van der Waals surface area contributed by atoms with Crippen molar-refractivity contribution in [3.8, 4) is 5.75 Å². The molecule has 0 saturated carbocycles. The first kappa shape index (κ1) is 14.8. The van der Waals surface area contributed by atoms with E-state index in [1.54, 1.807) is 20.3 Å². The van der Waals surface area contributed by atoms with Crippen LogP contribution in [0.4, 0.5) is 0 Å².